The first-order chi connectivity index (χ1) is 19.8. The van der Waals surface area contributed by atoms with Crippen LogP contribution in [0.15, 0.2) is 72.9 Å². The Bertz CT molecular complexity index is 1350. The lowest BCUT2D eigenvalue weighted by atomic mass is 9.99. The zero-order chi connectivity index (χ0) is 31.4. The summed E-state index contributed by atoms with van der Waals surface area (Å²) >= 11 is 0. The van der Waals surface area contributed by atoms with Gasteiger partial charge < -0.3 is 28.4 Å². The first-order valence-corrected chi connectivity index (χ1v) is 12.5. The molecule has 42 heavy (non-hydrogen) atoms. The van der Waals surface area contributed by atoms with Crippen molar-refractivity contribution in [2.45, 2.75) is 20.8 Å². The van der Waals surface area contributed by atoms with Gasteiger partial charge in [-0.05, 0) is 62.2 Å². The van der Waals surface area contributed by atoms with Crippen molar-refractivity contribution in [1.29, 1.82) is 0 Å². The third kappa shape index (κ3) is 9.77. The van der Waals surface area contributed by atoms with Crippen LogP contribution in [0.5, 0.6) is 11.5 Å². The molecule has 11 nitrogen and oxygen atoms in total. The zero-order valence-electron chi connectivity index (χ0n) is 23.9. The van der Waals surface area contributed by atoms with Gasteiger partial charge in [0.1, 0.15) is 26.4 Å². The predicted molar refractivity (Wildman–Crippen MR) is 151 cm³/mol. The Morgan fingerprint density at radius 1 is 0.571 bits per heavy atom. The maximum atomic E-state index is 12.9. The Labute approximate surface area is 243 Å². The van der Waals surface area contributed by atoms with Crippen molar-refractivity contribution >= 4 is 29.8 Å². The van der Waals surface area contributed by atoms with Gasteiger partial charge in [0.05, 0.1) is 18.2 Å². The predicted octanol–water partition coefficient (Wildman–Crippen LogP) is 4.40. The van der Waals surface area contributed by atoms with Gasteiger partial charge >= 0.3 is 29.8 Å². The number of esters is 5. The van der Waals surface area contributed by atoms with Crippen molar-refractivity contribution < 1.29 is 52.4 Å². The Kier molecular flexibility index (Phi) is 12.2. The summed E-state index contributed by atoms with van der Waals surface area (Å²) in [7, 11) is 1.38. The molecule has 0 aliphatic carbocycles. The lowest BCUT2D eigenvalue weighted by Crippen LogP contribution is -2.16. The number of benzene rings is 2. The Morgan fingerprint density at radius 3 is 1.45 bits per heavy atom. The highest BCUT2D eigenvalue weighted by molar-refractivity contribution is 5.98. The molecule has 0 fully saturated rings. The van der Waals surface area contributed by atoms with E-state index in [9.17, 15) is 24.0 Å². The highest BCUT2D eigenvalue weighted by Gasteiger charge is 2.18. The van der Waals surface area contributed by atoms with Crippen LogP contribution in [0.2, 0.25) is 0 Å². The average molecular weight is 581 g/mol. The van der Waals surface area contributed by atoms with Crippen LogP contribution in [0.4, 0.5) is 0 Å². The molecule has 0 radical (unpaired) electrons. The third-order valence-electron chi connectivity index (χ3n) is 5.25. The second-order valence-electron chi connectivity index (χ2n) is 8.94. The second-order valence-corrected chi connectivity index (χ2v) is 8.94. The van der Waals surface area contributed by atoms with Crippen LogP contribution >= 0.6 is 0 Å². The molecule has 0 aliphatic heterocycles. The largest absolute Gasteiger partial charge is 0.493 e. The summed E-state index contributed by atoms with van der Waals surface area (Å²) in [5.74, 6) is -3.15. The minimum atomic E-state index is -0.799. The second kappa shape index (κ2) is 15.6. The van der Waals surface area contributed by atoms with Gasteiger partial charge in [0.25, 0.3) is 0 Å². The van der Waals surface area contributed by atoms with E-state index in [1.807, 2.05) is 0 Å². The van der Waals surface area contributed by atoms with E-state index >= 15 is 0 Å². The minimum Gasteiger partial charge on any atom is -0.493 e. The zero-order valence-corrected chi connectivity index (χ0v) is 23.9. The lowest BCUT2D eigenvalue weighted by Gasteiger charge is -2.13. The molecule has 0 saturated carbocycles. The van der Waals surface area contributed by atoms with Crippen molar-refractivity contribution in [2.24, 2.45) is 0 Å². The standard InChI is InChI=1S/C31H32O11/c1-18(2)27(32)38-10-12-40-30(35)23-14-22(15-24(16-23)31(36)41-13-11-39-28(33)19(3)4)21-8-9-25(26(17-21)37-7)42-29(34)20(5)6/h8-9,14-17H,1,3,5,10-13H2,2,4,6-7H3. The van der Waals surface area contributed by atoms with Gasteiger partial charge in [-0.3, -0.25) is 0 Å². The molecular weight excluding hydrogens is 548 g/mol. The molecule has 0 N–H and O–H groups in total. The summed E-state index contributed by atoms with van der Waals surface area (Å²) in [5, 5.41) is 0. The summed E-state index contributed by atoms with van der Waals surface area (Å²) in [4.78, 5) is 60.8. The number of rotatable bonds is 14. The van der Waals surface area contributed by atoms with Crippen LogP contribution in [-0.4, -0.2) is 63.4 Å². The van der Waals surface area contributed by atoms with Crippen LogP contribution in [0.3, 0.4) is 0 Å². The molecule has 11 heteroatoms. The molecule has 0 saturated heterocycles. The molecule has 2 aromatic carbocycles. The molecule has 2 aromatic rings. The van der Waals surface area contributed by atoms with E-state index in [1.54, 1.807) is 12.1 Å². The molecule has 0 amide bonds. The maximum Gasteiger partial charge on any atom is 0.338 e. The van der Waals surface area contributed by atoms with E-state index < -0.39 is 29.8 Å². The molecule has 0 spiro atoms. The highest BCUT2D eigenvalue weighted by atomic mass is 16.6. The van der Waals surface area contributed by atoms with Gasteiger partial charge in [-0.1, -0.05) is 25.8 Å². The molecule has 0 bridgehead atoms. The summed E-state index contributed by atoms with van der Waals surface area (Å²) in [6.07, 6.45) is 0. The summed E-state index contributed by atoms with van der Waals surface area (Å²) in [6, 6.07) is 8.86. The normalized spacial score (nSPS) is 10.1. The maximum absolute atomic E-state index is 12.9. The SMILES string of the molecule is C=C(C)C(=O)OCCOC(=O)c1cc(C(=O)OCCOC(=O)C(=C)C)cc(-c2ccc(OC(=O)C(=C)C)c(OC)c2)c1. The van der Waals surface area contributed by atoms with E-state index in [-0.39, 0.29) is 65.8 Å². The number of hydrogen-bond donors (Lipinski definition) is 0. The van der Waals surface area contributed by atoms with Gasteiger partial charge in [-0.25, -0.2) is 24.0 Å². The van der Waals surface area contributed by atoms with Gasteiger partial charge in [-0.15, -0.1) is 0 Å². The summed E-state index contributed by atoms with van der Waals surface area (Å²) in [5.41, 5.74) is 1.47. The van der Waals surface area contributed by atoms with Crippen LogP contribution in [-0.2, 0) is 33.3 Å². The smallest absolute Gasteiger partial charge is 0.338 e. The van der Waals surface area contributed by atoms with Crippen molar-refractivity contribution in [1.82, 2.24) is 0 Å². The van der Waals surface area contributed by atoms with Crippen LogP contribution < -0.4 is 9.47 Å². The van der Waals surface area contributed by atoms with Crippen molar-refractivity contribution in [3.8, 4) is 22.6 Å². The average Bonchev–Trinajstić information content (AvgIpc) is 2.96. The van der Waals surface area contributed by atoms with E-state index in [0.717, 1.165) is 0 Å². The molecule has 222 valence electrons. The van der Waals surface area contributed by atoms with Gasteiger partial charge in [0.15, 0.2) is 11.5 Å². The summed E-state index contributed by atoms with van der Waals surface area (Å²) in [6.45, 7) is 14.1. The van der Waals surface area contributed by atoms with Crippen molar-refractivity contribution in [2.75, 3.05) is 33.5 Å². The van der Waals surface area contributed by atoms with E-state index in [2.05, 4.69) is 19.7 Å². The monoisotopic (exact) mass is 580 g/mol. The Balaban J connectivity index is 2.34. The van der Waals surface area contributed by atoms with E-state index in [1.165, 1.54) is 52.1 Å². The molecule has 0 aromatic heterocycles. The van der Waals surface area contributed by atoms with Gasteiger partial charge in [0, 0.05) is 16.7 Å². The fraction of sp³-hybridized carbons (Fsp3) is 0.258. The Morgan fingerprint density at radius 2 is 1.02 bits per heavy atom. The first-order valence-electron chi connectivity index (χ1n) is 12.5. The molecule has 2 rings (SSSR count). The number of ether oxygens (including phenoxy) is 6. The highest BCUT2D eigenvalue weighted by Crippen LogP contribution is 2.34. The van der Waals surface area contributed by atoms with Crippen LogP contribution in [0, 0.1) is 0 Å². The molecule has 0 atom stereocenters. The third-order valence-corrected chi connectivity index (χ3v) is 5.25. The van der Waals surface area contributed by atoms with Crippen molar-refractivity contribution in [3.05, 3.63) is 84.0 Å². The quantitative estimate of drug-likeness (QED) is 0.103. The molecule has 0 heterocycles. The molecular formula is C31H32O11. The first kappa shape index (κ1) is 33.0. The van der Waals surface area contributed by atoms with Gasteiger partial charge in [0.2, 0.25) is 0 Å². The van der Waals surface area contributed by atoms with Crippen molar-refractivity contribution in [3.63, 3.8) is 0 Å². The molecule has 0 aliphatic rings. The summed E-state index contributed by atoms with van der Waals surface area (Å²) < 4.78 is 30.9. The van der Waals surface area contributed by atoms with Gasteiger partial charge in [-0.2, -0.15) is 0 Å². The fourth-order valence-electron chi connectivity index (χ4n) is 3.10. The number of carbonyl (C=O) groups is 5. The molecule has 0 unspecified atom stereocenters. The minimum absolute atomic E-state index is 0.00357. The number of hydrogen-bond acceptors (Lipinski definition) is 11. The van der Waals surface area contributed by atoms with E-state index in [4.69, 9.17) is 28.4 Å². The van der Waals surface area contributed by atoms with Crippen LogP contribution in [0.1, 0.15) is 41.5 Å². The van der Waals surface area contributed by atoms with Crippen LogP contribution in [0.25, 0.3) is 11.1 Å². The topological polar surface area (TPSA) is 141 Å². The fourth-order valence-corrected chi connectivity index (χ4v) is 3.10. The number of methoxy groups -OCH3 is 1. The van der Waals surface area contributed by atoms with E-state index in [0.29, 0.717) is 11.1 Å². The Hall–Kier alpha value is -5.19. The lowest BCUT2D eigenvalue weighted by molar-refractivity contribution is -0.140. The number of carbonyl (C=O) groups excluding carboxylic acids is 5.